The van der Waals surface area contributed by atoms with E-state index in [4.69, 9.17) is 0 Å². The number of thioether (sulfide) groups is 1. The lowest BCUT2D eigenvalue weighted by Gasteiger charge is -2.03. The minimum absolute atomic E-state index is 0.695. The molecule has 3 aromatic rings. The first kappa shape index (κ1) is 11.2. The Bertz CT molecular complexity index is 697. The Morgan fingerprint density at radius 3 is 2.67 bits per heavy atom. The highest BCUT2D eigenvalue weighted by molar-refractivity contribution is 7.98. The van der Waals surface area contributed by atoms with Crippen molar-refractivity contribution in [3.8, 4) is 11.3 Å². The van der Waals surface area contributed by atoms with Crippen LogP contribution in [0.2, 0.25) is 0 Å². The van der Waals surface area contributed by atoms with Gasteiger partial charge in [-0.25, -0.2) is 4.98 Å². The highest BCUT2D eigenvalue weighted by atomic mass is 32.2. The van der Waals surface area contributed by atoms with E-state index in [1.807, 2.05) is 18.4 Å². The summed E-state index contributed by atoms with van der Waals surface area (Å²) in [6.07, 6.45) is 3.64. The fourth-order valence-corrected chi connectivity index (χ4v) is 2.18. The average Bonchev–Trinajstić information content (AvgIpc) is 2.47. The van der Waals surface area contributed by atoms with Crippen molar-refractivity contribution in [1.29, 1.82) is 0 Å². The molecule has 0 saturated heterocycles. The molecule has 0 radical (unpaired) electrons. The Labute approximate surface area is 109 Å². The second-order valence-corrected chi connectivity index (χ2v) is 4.66. The molecule has 18 heavy (non-hydrogen) atoms. The third-order valence-electron chi connectivity index (χ3n) is 2.77. The van der Waals surface area contributed by atoms with E-state index in [1.165, 1.54) is 22.5 Å². The summed E-state index contributed by atoms with van der Waals surface area (Å²) in [4.78, 5) is 4.46. The van der Waals surface area contributed by atoms with Crippen molar-refractivity contribution in [1.82, 2.24) is 15.2 Å². The zero-order valence-corrected chi connectivity index (χ0v) is 10.7. The summed E-state index contributed by atoms with van der Waals surface area (Å²) in [6, 6.07) is 14.6. The molecule has 1 heterocycles. The van der Waals surface area contributed by atoms with E-state index < -0.39 is 0 Å². The monoisotopic (exact) mass is 253 g/mol. The maximum Gasteiger partial charge on any atom is 0.209 e. The van der Waals surface area contributed by atoms with E-state index in [0.29, 0.717) is 5.16 Å². The quantitative estimate of drug-likeness (QED) is 0.656. The van der Waals surface area contributed by atoms with E-state index in [2.05, 4.69) is 45.5 Å². The van der Waals surface area contributed by atoms with Gasteiger partial charge in [0, 0.05) is 5.56 Å². The van der Waals surface area contributed by atoms with Gasteiger partial charge < -0.3 is 0 Å². The second kappa shape index (κ2) is 4.74. The molecule has 0 bridgehead atoms. The van der Waals surface area contributed by atoms with Crippen LogP contribution in [0.25, 0.3) is 22.0 Å². The molecule has 88 valence electrons. The van der Waals surface area contributed by atoms with E-state index in [9.17, 15) is 0 Å². The number of hydrogen-bond acceptors (Lipinski definition) is 4. The lowest BCUT2D eigenvalue weighted by Crippen LogP contribution is -1.92. The first-order valence-electron chi connectivity index (χ1n) is 5.60. The molecule has 0 aliphatic rings. The Hall–Kier alpha value is -1.94. The summed E-state index contributed by atoms with van der Waals surface area (Å²) < 4.78 is 0. The summed E-state index contributed by atoms with van der Waals surface area (Å²) in [5.41, 5.74) is 1.93. The maximum atomic E-state index is 4.46. The maximum absolute atomic E-state index is 4.46. The highest BCUT2D eigenvalue weighted by Crippen LogP contribution is 2.23. The van der Waals surface area contributed by atoms with Gasteiger partial charge in [0.1, 0.15) is 0 Å². The van der Waals surface area contributed by atoms with Gasteiger partial charge in [0.25, 0.3) is 0 Å². The van der Waals surface area contributed by atoms with Crippen LogP contribution in [0, 0.1) is 0 Å². The topological polar surface area (TPSA) is 38.7 Å². The van der Waals surface area contributed by atoms with Crippen LogP contribution in [-0.4, -0.2) is 21.4 Å². The minimum atomic E-state index is 0.695. The van der Waals surface area contributed by atoms with Gasteiger partial charge in [0.05, 0.1) is 11.9 Å². The Morgan fingerprint density at radius 2 is 1.83 bits per heavy atom. The molecule has 0 aliphatic carbocycles. The van der Waals surface area contributed by atoms with E-state index in [-0.39, 0.29) is 0 Å². The van der Waals surface area contributed by atoms with Gasteiger partial charge in [0.2, 0.25) is 5.16 Å². The van der Waals surface area contributed by atoms with Gasteiger partial charge in [-0.05, 0) is 23.1 Å². The van der Waals surface area contributed by atoms with E-state index in [0.717, 1.165) is 11.3 Å². The van der Waals surface area contributed by atoms with Gasteiger partial charge >= 0.3 is 0 Å². The first-order valence-corrected chi connectivity index (χ1v) is 6.82. The summed E-state index contributed by atoms with van der Waals surface area (Å²) in [7, 11) is 0. The number of aromatic nitrogens is 3. The highest BCUT2D eigenvalue weighted by Gasteiger charge is 2.03. The molecule has 0 atom stereocenters. The van der Waals surface area contributed by atoms with Gasteiger partial charge in [0.15, 0.2) is 0 Å². The third kappa shape index (κ3) is 2.07. The third-order valence-corrected chi connectivity index (χ3v) is 3.31. The molecule has 3 rings (SSSR count). The summed E-state index contributed by atoms with van der Waals surface area (Å²) >= 11 is 1.50. The molecule has 0 N–H and O–H groups in total. The Balaban J connectivity index is 2.13. The lowest BCUT2D eigenvalue weighted by molar-refractivity contribution is 0.846. The average molecular weight is 253 g/mol. The summed E-state index contributed by atoms with van der Waals surface area (Å²) in [5, 5.41) is 11.1. The molecule has 4 heteroatoms. The second-order valence-electron chi connectivity index (χ2n) is 3.89. The largest absolute Gasteiger partial charge is 0.219 e. The molecule has 0 fully saturated rings. The van der Waals surface area contributed by atoms with Gasteiger partial charge in [-0.2, -0.15) is 5.10 Å². The van der Waals surface area contributed by atoms with Crippen molar-refractivity contribution in [2.24, 2.45) is 0 Å². The van der Waals surface area contributed by atoms with Crippen LogP contribution >= 0.6 is 11.8 Å². The number of benzene rings is 2. The first-order chi connectivity index (χ1) is 8.86. The zero-order chi connectivity index (χ0) is 12.4. The SMILES string of the molecule is CSc1nncc(-c2ccc3ccccc3c2)n1. The molecule has 3 nitrogen and oxygen atoms in total. The van der Waals surface area contributed by atoms with Crippen molar-refractivity contribution < 1.29 is 0 Å². The predicted molar refractivity (Wildman–Crippen MR) is 74.6 cm³/mol. The van der Waals surface area contributed by atoms with Crippen LogP contribution in [0.15, 0.2) is 53.8 Å². The molecule has 2 aromatic carbocycles. The van der Waals surface area contributed by atoms with Crippen molar-refractivity contribution in [2.45, 2.75) is 5.16 Å². The van der Waals surface area contributed by atoms with Gasteiger partial charge in [-0.1, -0.05) is 48.2 Å². The van der Waals surface area contributed by atoms with Crippen molar-refractivity contribution >= 4 is 22.5 Å². The lowest BCUT2D eigenvalue weighted by atomic mass is 10.1. The molecule has 0 saturated carbocycles. The van der Waals surface area contributed by atoms with E-state index in [1.54, 1.807) is 6.20 Å². The number of hydrogen-bond donors (Lipinski definition) is 0. The van der Waals surface area contributed by atoms with Crippen LogP contribution in [0.3, 0.4) is 0 Å². The number of rotatable bonds is 2. The zero-order valence-electron chi connectivity index (χ0n) is 9.87. The van der Waals surface area contributed by atoms with Crippen LogP contribution < -0.4 is 0 Å². The number of nitrogens with zero attached hydrogens (tertiary/aromatic N) is 3. The van der Waals surface area contributed by atoms with Crippen molar-refractivity contribution in [2.75, 3.05) is 6.26 Å². The Morgan fingerprint density at radius 1 is 1.00 bits per heavy atom. The normalized spacial score (nSPS) is 10.7. The summed E-state index contributed by atoms with van der Waals surface area (Å²) in [5.74, 6) is 0. The van der Waals surface area contributed by atoms with Crippen LogP contribution in [-0.2, 0) is 0 Å². The van der Waals surface area contributed by atoms with Crippen LogP contribution in [0.1, 0.15) is 0 Å². The molecular weight excluding hydrogens is 242 g/mol. The van der Waals surface area contributed by atoms with E-state index >= 15 is 0 Å². The molecule has 0 aliphatic heterocycles. The number of fused-ring (bicyclic) bond motifs is 1. The molecule has 0 unspecified atom stereocenters. The Kier molecular flexibility index (Phi) is 2.94. The fourth-order valence-electron chi connectivity index (χ4n) is 1.86. The molecule has 1 aromatic heterocycles. The van der Waals surface area contributed by atoms with Gasteiger partial charge in [-0.15, -0.1) is 5.10 Å². The van der Waals surface area contributed by atoms with Crippen LogP contribution in [0.4, 0.5) is 0 Å². The smallest absolute Gasteiger partial charge is 0.209 e. The molecule has 0 spiro atoms. The van der Waals surface area contributed by atoms with Crippen molar-refractivity contribution in [3.05, 3.63) is 48.7 Å². The summed E-state index contributed by atoms with van der Waals surface area (Å²) in [6.45, 7) is 0. The van der Waals surface area contributed by atoms with Gasteiger partial charge in [-0.3, -0.25) is 0 Å². The standard InChI is InChI=1S/C14H11N3S/c1-18-14-16-13(9-15-17-14)12-7-6-10-4-2-3-5-11(10)8-12/h2-9H,1H3. The molecule has 0 amide bonds. The molecular formula is C14H11N3S. The predicted octanol–water partition coefficient (Wildman–Crippen LogP) is 3.41. The van der Waals surface area contributed by atoms with Crippen molar-refractivity contribution in [3.63, 3.8) is 0 Å². The van der Waals surface area contributed by atoms with Crippen LogP contribution in [0.5, 0.6) is 0 Å². The minimum Gasteiger partial charge on any atom is -0.219 e. The fraction of sp³-hybridized carbons (Fsp3) is 0.0714.